The van der Waals surface area contributed by atoms with Gasteiger partial charge in [-0.2, -0.15) is 0 Å². The van der Waals surface area contributed by atoms with E-state index in [9.17, 15) is 4.79 Å². The van der Waals surface area contributed by atoms with Crippen LogP contribution in [0.3, 0.4) is 0 Å². The minimum absolute atomic E-state index is 0.280. The minimum Gasteiger partial charge on any atom is -0.480 e. The summed E-state index contributed by atoms with van der Waals surface area (Å²) >= 11 is 1.54. The highest BCUT2D eigenvalue weighted by Gasteiger charge is 2.17. The summed E-state index contributed by atoms with van der Waals surface area (Å²) in [6, 6.07) is 0. The topological polar surface area (TPSA) is 37.3 Å². The summed E-state index contributed by atoms with van der Waals surface area (Å²) < 4.78 is 0. The first-order chi connectivity index (χ1) is 5.70. The molecule has 0 bridgehead atoms. The summed E-state index contributed by atoms with van der Waals surface area (Å²) in [4.78, 5) is 10.5. The van der Waals surface area contributed by atoms with Gasteiger partial charge < -0.3 is 5.11 Å². The number of hydrogen-bond acceptors (Lipinski definition) is 2. The van der Waals surface area contributed by atoms with Crippen LogP contribution in [-0.2, 0) is 4.79 Å². The predicted octanol–water partition coefficient (Wildman–Crippen LogP) is 2.30. The zero-order valence-corrected chi connectivity index (χ0v) is 8.01. The summed E-state index contributed by atoms with van der Waals surface area (Å²) in [6.45, 7) is 1.75. The van der Waals surface area contributed by atoms with Gasteiger partial charge in [0.05, 0.1) is 5.25 Å². The monoisotopic (exact) mass is 186 g/mol. The van der Waals surface area contributed by atoms with Crippen molar-refractivity contribution in [1.82, 2.24) is 0 Å². The Hall–Kier alpha value is -0.440. The number of thioether (sulfide) groups is 1. The third-order valence-corrected chi connectivity index (χ3v) is 3.29. The molecule has 2 atom stereocenters. The molecular weight excluding hydrogens is 172 g/mol. The van der Waals surface area contributed by atoms with E-state index in [2.05, 4.69) is 12.2 Å². The second-order valence-electron chi connectivity index (χ2n) is 3.01. The molecule has 0 spiro atoms. The highest BCUT2D eigenvalue weighted by molar-refractivity contribution is 8.01. The van der Waals surface area contributed by atoms with Crippen LogP contribution in [0.5, 0.6) is 0 Å². The van der Waals surface area contributed by atoms with E-state index in [4.69, 9.17) is 5.11 Å². The number of rotatable bonds is 3. The van der Waals surface area contributed by atoms with Gasteiger partial charge in [0.25, 0.3) is 0 Å². The number of hydrogen-bond donors (Lipinski definition) is 1. The molecular formula is C9H14O2S. The van der Waals surface area contributed by atoms with Crippen molar-refractivity contribution in [3.63, 3.8) is 0 Å². The Bertz CT molecular complexity index is 189. The zero-order chi connectivity index (χ0) is 8.97. The van der Waals surface area contributed by atoms with Crippen molar-refractivity contribution in [1.29, 1.82) is 0 Å². The van der Waals surface area contributed by atoms with Crippen LogP contribution >= 0.6 is 11.8 Å². The van der Waals surface area contributed by atoms with Crippen LogP contribution < -0.4 is 0 Å². The van der Waals surface area contributed by atoms with Crippen LogP contribution in [0.15, 0.2) is 12.2 Å². The zero-order valence-electron chi connectivity index (χ0n) is 7.19. The molecule has 68 valence electrons. The van der Waals surface area contributed by atoms with Crippen LogP contribution in [0, 0.1) is 0 Å². The molecule has 0 fully saturated rings. The molecule has 0 heterocycles. The predicted molar refractivity (Wildman–Crippen MR) is 51.5 cm³/mol. The Morgan fingerprint density at radius 1 is 1.75 bits per heavy atom. The molecule has 0 saturated carbocycles. The van der Waals surface area contributed by atoms with Gasteiger partial charge in [-0.3, -0.25) is 4.79 Å². The lowest BCUT2D eigenvalue weighted by Gasteiger charge is -2.17. The van der Waals surface area contributed by atoms with E-state index in [-0.39, 0.29) is 5.25 Å². The summed E-state index contributed by atoms with van der Waals surface area (Å²) in [7, 11) is 0. The van der Waals surface area contributed by atoms with E-state index in [0.29, 0.717) is 5.25 Å². The first-order valence-electron chi connectivity index (χ1n) is 4.25. The van der Waals surface area contributed by atoms with Crippen molar-refractivity contribution in [3.8, 4) is 0 Å². The van der Waals surface area contributed by atoms with E-state index >= 15 is 0 Å². The van der Waals surface area contributed by atoms with Gasteiger partial charge >= 0.3 is 5.97 Å². The molecule has 0 saturated heterocycles. The van der Waals surface area contributed by atoms with E-state index < -0.39 is 5.97 Å². The van der Waals surface area contributed by atoms with E-state index in [1.165, 1.54) is 6.42 Å². The Morgan fingerprint density at radius 2 is 2.50 bits per heavy atom. The van der Waals surface area contributed by atoms with Crippen molar-refractivity contribution >= 4 is 17.7 Å². The van der Waals surface area contributed by atoms with Gasteiger partial charge in [0.1, 0.15) is 0 Å². The first kappa shape index (κ1) is 9.65. The molecule has 12 heavy (non-hydrogen) atoms. The molecule has 0 amide bonds. The molecule has 0 aromatic rings. The van der Waals surface area contributed by atoms with E-state index in [1.54, 1.807) is 18.7 Å². The molecule has 1 aliphatic carbocycles. The van der Waals surface area contributed by atoms with Crippen LogP contribution in [0.1, 0.15) is 26.2 Å². The molecule has 0 aliphatic heterocycles. The Morgan fingerprint density at radius 3 is 3.00 bits per heavy atom. The molecule has 0 radical (unpaired) electrons. The molecule has 3 heteroatoms. The van der Waals surface area contributed by atoms with Gasteiger partial charge in [-0.1, -0.05) is 12.2 Å². The number of carboxylic acids is 1. The van der Waals surface area contributed by atoms with Gasteiger partial charge in [0, 0.05) is 5.25 Å². The number of carbonyl (C=O) groups is 1. The SMILES string of the molecule is CC(SC1C=CCCC1)C(=O)O. The van der Waals surface area contributed by atoms with Gasteiger partial charge in [-0.25, -0.2) is 0 Å². The molecule has 2 nitrogen and oxygen atoms in total. The van der Waals surface area contributed by atoms with Crippen molar-refractivity contribution in [3.05, 3.63) is 12.2 Å². The van der Waals surface area contributed by atoms with Crippen molar-refractivity contribution < 1.29 is 9.90 Å². The highest BCUT2D eigenvalue weighted by Crippen LogP contribution is 2.26. The van der Waals surface area contributed by atoms with E-state index in [1.807, 2.05) is 0 Å². The summed E-state index contributed by atoms with van der Waals surface area (Å²) in [5, 5.41) is 8.81. The van der Waals surface area contributed by atoms with Gasteiger partial charge in [-0.15, -0.1) is 11.8 Å². The number of allylic oxidation sites excluding steroid dienone is 1. The lowest BCUT2D eigenvalue weighted by atomic mass is 10.1. The third-order valence-electron chi connectivity index (χ3n) is 1.94. The maximum Gasteiger partial charge on any atom is 0.316 e. The molecule has 0 aromatic carbocycles. The maximum atomic E-state index is 10.5. The molecule has 2 unspecified atom stereocenters. The molecule has 1 aliphatic rings. The normalized spacial score (nSPS) is 25.2. The van der Waals surface area contributed by atoms with Crippen LogP contribution in [0.25, 0.3) is 0 Å². The second-order valence-corrected chi connectivity index (χ2v) is 4.60. The second kappa shape index (κ2) is 4.55. The van der Waals surface area contributed by atoms with Crippen LogP contribution in [0.4, 0.5) is 0 Å². The summed E-state index contributed by atoms with van der Waals surface area (Å²) in [5.41, 5.74) is 0. The highest BCUT2D eigenvalue weighted by atomic mass is 32.2. The quantitative estimate of drug-likeness (QED) is 0.687. The fraction of sp³-hybridized carbons (Fsp3) is 0.667. The molecule has 1 N–H and O–H groups in total. The van der Waals surface area contributed by atoms with E-state index in [0.717, 1.165) is 12.8 Å². The van der Waals surface area contributed by atoms with Crippen molar-refractivity contribution in [2.75, 3.05) is 0 Å². The fourth-order valence-electron chi connectivity index (χ4n) is 1.21. The fourth-order valence-corrected chi connectivity index (χ4v) is 2.36. The lowest BCUT2D eigenvalue weighted by Crippen LogP contribution is -2.16. The van der Waals surface area contributed by atoms with Gasteiger partial charge in [-0.05, 0) is 26.2 Å². The molecule has 0 aromatic heterocycles. The van der Waals surface area contributed by atoms with Crippen LogP contribution in [0.2, 0.25) is 0 Å². The largest absolute Gasteiger partial charge is 0.480 e. The number of carboxylic acid groups (broad SMARTS) is 1. The van der Waals surface area contributed by atoms with Crippen LogP contribution in [-0.4, -0.2) is 21.6 Å². The average Bonchev–Trinajstić information content (AvgIpc) is 2.06. The molecule has 1 rings (SSSR count). The average molecular weight is 186 g/mol. The van der Waals surface area contributed by atoms with Crippen molar-refractivity contribution in [2.45, 2.75) is 36.7 Å². The summed E-state index contributed by atoms with van der Waals surface area (Å²) in [6.07, 6.45) is 7.75. The minimum atomic E-state index is -0.709. The van der Waals surface area contributed by atoms with Crippen molar-refractivity contribution in [2.24, 2.45) is 0 Å². The Kier molecular flexibility index (Phi) is 3.66. The smallest absolute Gasteiger partial charge is 0.316 e. The third kappa shape index (κ3) is 2.89. The summed E-state index contributed by atoms with van der Waals surface area (Å²) in [5.74, 6) is -0.709. The Labute approximate surface area is 77.0 Å². The maximum absolute atomic E-state index is 10.5. The van der Waals surface area contributed by atoms with Gasteiger partial charge in [0.2, 0.25) is 0 Å². The number of aliphatic carboxylic acids is 1. The Balaban J connectivity index is 2.34. The standard InChI is InChI=1S/C9H14O2S/c1-7(9(10)11)12-8-5-3-2-4-6-8/h3,5,7-8H,2,4,6H2,1H3,(H,10,11). The van der Waals surface area contributed by atoms with Gasteiger partial charge in [0.15, 0.2) is 0 Å². The first-order valence-corrected chi connectivity index (χ1v) is 5.19. The lowest BCUT2D eigenvalue weighted by molar-refractivity contribution is -0.136.